The molecule has 12 heteroatoms. The highest BCUT2D eigenvalue weighted by Crippen LogP contribution is 2.40. The SMILES string of the molecule is CN(c1ccc(-c2cccn3nc(Nc4ccc(CN5CCS(O)(O)CC5)cc4)nc23)cc1)S(C)(=O)=O. The van der Waals surface area contributed by atoms with E-state index < -0.39 is 20.6 Å². The summed E-state index contributed by atoms with van der Waals surface area (Å²) >= 11 is 0. The number of aromatic nitrogens is 3. The molecule has 0 amide bonds. The highest BCUT2D eigenvalue weighted by molar-refractivity contribution is 8.24. The number of rotatable bonds is 7. The van der Waals surface area contributed by atoms with Crippen LogP contribution in [0.3, 0.4) is 0 Å². The van der Waals surface area contributed by atoms with Gasteiger partial charge in [-0.25, -0.2) is 12.9 Å². The molecule has 0 atom stereocenters. The quantitative estimate of drug-likeness (QED) is 0.319. The first-order valence-corrected chi connectivity index (χ1v) is 15.5. The van der Waals surface area contributed by atoms with Gasteiger partial charge in [0.1, 0.15) is 0 Å². The largest absolute Gasteiger partial charge is 0.323 e. The maximum Gasteiger partial charge on any atom is 0.247 e. The number of pyridine rings is 1. The fourth-order valence-electron chi connectivity index (χ4n) is 4.23. The molecule has 5 rings (SSSR count). The van der Waals surface area contributed by atoms with Gasteiger partial charge in [0, 0.05) is 44.1 Å². The molecule has 2 aromatic heterocycles. The van der Waals surface area contributed by atoms with Gasteiger partial charge in [0.15, 0.2) is 5.65 Å². The molecule has 1 aliphatic rings. The van der Waals surface area contributed by atoms with Gasteiger partial charge in [-0.1, -0.05) is 24.3 Å². The Morgan fingerprint density at radius 3 is 2.35 bits per heavy atom. The van der Waals surface area contributed by atoms with E-state index in [0.717, 1.165) is 28.9 Å². The second-order valence-electron chi connectivity index (χ2n) is 9.21. The second-order valence-corrected chi connectivity index (χ2v) is 13.6. The molecule has 0 aliphatic carbocycles. The van der Waals surface area contributed by atoms with Gasteiger partial charge >= 0.3 is 0 Å². The van der Waals surface area contributed by atoms with E-state index in [9.17, 15) is 17.5 Å². The van der Waals surface area contributed by atoms with Crippen molar-refractivity contribution < 1.29 is 17.5 Å². The summed E-state index contributed by atoms with van der Waals surface area (Å²) in [6, 6.07) is 19.2. The van der Waals surface area contributed by atoms with Crippen molar-refractivity contribution in [1.82, 2.24) is 19.5 Å². The van der Waals surface area contributed by atoms with Gasteiger partial charge in [-0.15, -0.1) is 5.10 Å². The van der Waals surface area contributed by atoms with Crippen LogP contribution < -0.4 is 9.62 Å². The van der Waals surface area contributed by atoms with Crippen molar-refractivity contribution in [3.8, 4) is 11.1 Å². The molecular formula is C25H30N6O4S2. The Morgan fingerprint density at radius 2 is 1.70 bits per heavy atom. The van der Waals surface area contributed by atoms with Crippen LogP contribution in [-0.2, 0) is 16.6 Å². The number of benzene rings is 2. The van der Waals surface area contributed by atoms with Crippen LogP contribution >= 0.6 is 10.6 Å². The smallest absolute Gasteiger partial charge is 0.247 e. The van der Waals surface area contributed by atoms with Crippen LogP contribution in [0.2, 0.25) is 0 Å². The summed E-state index contributed by atoms with van der Waals surface area (Å²) in [5.41, 5.74) is 5.06. The standard InChI is InChI=1S/C25H30N6O4S2/c1-29(36(2,32)33)22-11-7-20(8-12-22)23-4-3-13-31-24(23)27-25(28-31)26-21-9-5-19(6-10-21)18-30-14-16-37(34,35)17-15-30/h3-13,34-35H,14-18H2,1-2H3,(H,26,28). The van der Waals surface area contributed by atoms with E-state index in [-0.39, 0.29) is 0 Å². The van der Waals surface area contributed by atoms with Crippen LogP contribution in [0.5, 0.6) is 0 Å². The summed E-state index contributed by atoms with van der Waals surface area (Å²) in [5.74, 6) is 1.35. The van der Waals surface area contributed by atoms with Crippen LogP contribution in [0.15, 0.2) is 66.9 Å². The lowest BCUT2D eigenvalue weighted by Crippen LogP contribution is -2.37. The highest BCUT2D eigenvalue weighted by atomic mass is 32.3. The molecule has 0 radical (unpaired) electrons. The molecule has 0 bridgehead atoms. The third-order valence-corrected chi connectivity index (χ3v) is 9.37. The van der Waals surface area contributed by atoms with E-state index in [1.165, 1.54) is 17.6 Å². The monoisotopic (exact) mass is 542 g/mol. The molecule has 3 N–H and O–H groups in total. The topological polar surface area (TPSA) is 123 Å². The third kappa shape index (κ3) is 5.89. The second kappa shape index (κ2) is 9.95. The Balaban J connectivity index is 1.30. The molecule has 2 aromatic carbocycles. The van der Waals surface area contributed by atoms with Crippen LogP contribution in [0, 0.1) is 0 Å². The van der Waals surface area contributed by atoms with Crippen molar-refractivity contribution in [2.24, 2.45) is 0 Å². The van der Waals surface area contributed by atoms with Gasteiger partial charge in [-0.05, 0) is 47.5 Å². The molecule has 0 unspecified atom stereocenters. The van der Waals surface area contributed by atoms with Crippen LogP contribution in [0.25, 0.3) is 16.8 Å². The summed E-state index contributed by atoms with van der Waals surface area (Å²) in [6.07, 6.45) is 3.01. The number of nitrogens with zero attached hydrogens (tertiary/aromatic N) is 5. The summed E-state index contributed by atoms with van der Waals surface area (Å²) in [5, 5.41) is 7.82. The number of anilines is 3. The summed E-state index contributed by atoms with van der Waals surface area (Å²) in [4.78, 5) is 6.93. The zero-order valence-electron chi connectivity index (χ0n) is 20.6. The van der Waals surface area contributed by atoms with Gasteiger partial charge < -0.3 is 5.32 Å². The predicted molar refractivity (Wildman–Crippen MR) is 149 cm³/mol. The lowest BCUT2D eigenvalue weighted by molar-refractivity contribution is 0.278. The first-order chi connectivity index (χ1) is 17.6. The van der Waals surface area contributed by atoms with Gasteiger partial charge in [0.05, 0.1) is 23.4 Å². The average molecular weight is 543 g/mol. The van der Waals surface area contributed by atoms with Crippen molar-refractivity contribution in [1.29, 1.82) is 0 Å². The fourth-order valence-corrected chi connectivity index (χ4v) is 6.04. The van der Waals surface area contributed by atoms with Gasteiger partial charge in [-0.3, -0.25) is 18.3 Å². The Bertz CT molecular complexity index is 1490. The average Bonchev–Trinajstić information content (AvgIpc) is 3.28. The molecule has 37 heavy (non-hydrogen) atoms. The summed E-state index contributed by atoms with van der Waals surface area (Å²) < 4.78 is 46.2. The van der Waals surface area contributed by atoms with E-state index in [0.29, 0.717) is 41.9 Å². The number of hydrogen-bond acceptors (Lipinski definition) is 8. The Labute approximate surface area is 218 Å². The molecule has 1 saturated heterocycles. The molecular weight excluding hydrogens is 512 g/mol. The van der Waals surface area contributed by atoms with E-state index >= 15 is 0 Å². The summed E-state index contributed by atoms with van der Waals surface area (Å²) in [6.45, 7) is 2.14. The molecule has 0 saturated carbocycles. The minimum atomic E-state index is -3.33. The lowest BCUT2D eigenvalue weighted by atomic mass is 10.1. The van der Waals surface area contributed by atoms with E-state index in [1.54, 1.807) is 16.6 Å². The maximum atomic E-state index is 11.8. The van der Waals surface area contributed by atoms with Crippen LogP contribution in [0.1, 0.15) is 5.56 Å². The first-order valence-electron chi connectivity index (χ1n) is 11.8. The number of nitrogens with one attached hydrogen (secondary N) is 1. The highest BCUT2D eigenvalue weighted by Gasteiger charge is 2.22. The Hall–Kier alpha value is -3.16. The number of fused-ring (bicyclic) bond motifs is 1. The van der Waals surface area contributed by atoms with E-state index in [4.69, 9.17) is 4.98 Å². The lowest BCUT2D eigenvalue weighted by Gasteiger charge is -2.41. The third-order valence-electron chi connectivity index (χ3n) is 6.49. The first kappa shape index (κ1) is 25.5. The van der Waals surface area contributed by atoms with Crippen molar-refractivity contribution in [2.45, 2.75) is 6.54 Å². The molecule has 3 heterocycles. The molecule has 1 fully saturated rings. The van der Waals surface area contributed by atoms with Crippen molar-refractivity contribution in [3.63, 3.8) is 0 Å². The summed E-state index contributed by atoms with van der Waals surface area (Å²) in [7, 11) is -4.19. The molecule has 4 aromatic rings. The van der Waals surface area contributed by atoms with Crippen LogP contribution in [-0.4, -0.2) is 74.9 Å². The van der Waals surface area contributed by atoms with Gasteiger partial charge in [-0.2, -0.15) is 15.6 Å². The zero-order chi connectivity index (χ0) is 26.2. The normalized spacial score (nSPS) is 17.0. The molecule has 1 aliphatic heterocycles. The number of sulfonamides is 1. The van der Waals surface area contributed by atoms with Gasteiger partial charge in [0.2, 0.25) is 16.0 Å². The van der Waals surface area contributed by atoms with E-state index in [2.05, 4.69) is 15.3 Å². The van der Waals surface area contributed by atoms with Crippen molar-refractivity contribution in [3.05, 3.63) is 72.4 Å². The Kier molecular flexibility index (Phi) is 6.86. The molecule has 0 spiro atoms. The van der Waals surface area contributed by atoms with Crippen LogP contribution in [0.4, 0.5) is 17.3 Å². The van der Waals surface area contributed by atoms with Crippen molar-refractivity contribution >= 4 is 43.6 Å². The minimum absolute atomic E-state index is 0.440. The predicted octanol–water partition coefficient (Wildman–Crippen LogP) is 4.10. The van der Waals surface area contributed by atoms with Gasteiger partial charge in [0.25, 0.3) is 0 Å². The van der Waals surface area contributed by atoms with E-state index in [1.807, 2.05) is 54.7 Å². The Morgan fingerprint density at radius 1 is 1.03 bits per heavy atom. The molecule has 196 valence electrons. The maximum absolute atomic E-state index is 11.8. The number of hydrogen-bond donors (Lipinski definition) is 3. The minimum Gasteiger partial charge on any atom is -0.323 e. The molecule has 10 nitrogen and oxygen atoms in total. The zero-order valence-corrected chi connectivity index (χ0v) is 22.3. The van der Waals surface area contributed by atoms with Crippen molar-refractivity contribution in [2.75, 3.05) is 47.5 Å². The fraction of sp³-hybridized carbons (Fsp3) is 0.280.